The van der Waals surface area contributed by atoms with Crippen LogP contribution in [0, 0.1) is 0 Å². The van der Waals surface area contributed by atoms with E-state index < -0.39 is 0 Å². The first-order chi connectivity index (χ1) is 13.2. The van der Waals surface area contributed by atoms with Gasteiger partial charge < -0.3 is 14.2 Å². The molecule has 0 saturated heterocycles. The summed E-state index contributed by atoms with van der Waals surface area (Å²) in [5.41, 5.74) is 4.37. The SMILES string of the molecule is COc1ccc(C=NNC(=O)COc2ccc(C(C)(C)C)cc2Br)c(OC)c1. The highest BCUT2D eigenvalue weighted by Gasteiger charge is 2.15. The van der Waals surface area contributed by atoms with Gasteiger partial charge in [-0.2, -0.15) is 5.10 Å². The lowest BCUT2D eigenvalue weighted by Crippen LogP contribution is -2.24. The molecular weight excluding hydrogens is 424 g/mol. The fourth-order valence-electron chi connectivity index (χ4n) is 2.36. The highest BCUT2D eigenvalue weighted by molar-refractivity contribution is 9.10. The lowest BCUT2D eigenvalue weighted by atomic mass is 9.87. The van der Waals surface area contributed by atoms with Crippen molar-refractivity contribution in [2.24, 2.45) is 5.10 Å². The van der Waals surface area contributed by atoms with Crippen LogP contribution in [0.15, 0.2) is 46.0 Å². The summed E-state index contributed by atoms with van der Waals surface area (Å²) in [6, 6.07) is 11.2. The quantitative estimate of drug-likeness (QED) is 0.506. The van der Waals surface area contributed by atoms with Gasteiger partial charge in [-0.05, 0) is 51.2 Å². The average Bonchev–Trinajstić information content (AvgIpc) is 2.66. The van der Waals surface area contributed by atoms with Crippen LogP contribution in [0.5, 0.6) is 17.2 Å². The number of benzene rings is 2. The third-order valence-electron chi connectivity index (χ3n) is 3.99. The van der Waals surface area contributed by atoms with Gasteiger partial charge in [0.2, 0.25) is 0 Å². The Morgan fingerprint density at radius 2 is 1.86 bits per heavy atom. The minimum absolute atomic E-state index is 0.0374. The minimum atomic E-state index is -0.365. The second-order valence-corrected chi connectivity index (χ2v) is 7.94. The van der Waals surface area contributed by atoms with Crippen molar-refractivity contribution < 1.29 is 19.0 Å². The van der Waals surface area contributed by atoms with E-state index in [4.69, 9.17) is 14.2 Å². The molecule has 0 spiro atoms. The van der Waals surface area contributed by atoms with Gasteiger partial charge in [-0.25, -0.2) is 5.43 Å². The molecule has 0 bridgehead atoms. The Bertz CT molecular complexity index is 860. The molecule has 2 rings (SSSR count). The van der Waals surface area contributed by atoms with Crippen molar-refractivity contribution in [3.05, 3.63) is 52.0 Å². The Kier molecular flexibility index (Phi) is 7.45. The maximum absolute atomic E-state index is 12.0. The molecule has 1 amide bonds. The lowest BCUT2D eigenvalue weighted by molar-refractivity contribution is -0.123. The number of carbonyl (C=O) groups excluding carboxylic acids is 1. The molecular formula is C21H25BrN2O4. The molecule has 7 heteroatoms. The number of methoxy groups -OCH3 is 2. The molecule has 6 nitrogen and oxygen atoms in total. The standard InChI is InChI=1S/C21H25BrN2O4/c1-21(2,3)15-7-9-18(17(22)10-15)28-13-20(25)24-23-12-14-6-8-16(26-4)11-19(14)27-5/h6-12H,13H2,1-5H3,(H,24,25). The number of nitrogens with one attached hydrogen (secondary N) is 1. The van der Waals surface area contributed by atoms with E-state index in [1.54, 1.807) is 32.4 Å². The highest BCUT2D eigenvalue weighted by atomic mass is 79.9. The van der Waals surface area contributed by atoms with Crippen molar-refractivity contribution in [1.29, 1.82) is 0 Å². The predicted octanol–water partition coefficient (Wildman–Crippen LogP) is 4.29. The number of hydrogen-bond acceptors (Lipinski definition) is 5. The minimum Gasteiger partial charge on any atom is -0.497 e. The predicted molar refractivity (Wildman–Crippen MR) is 114 cm³/mol. The van der Waals surface area contributed by atoms with Crippen molar-refractivity contribution in [1.82, 2.24) is 5.43 Å². The van der Waals surface area contributed by atoms with Crippen molar-refractivity contribution in [3.63, 3.8) is 0 Å². The second-order valence-electron chi connectivity index (χ2n) is 7.08. The zero-order chi connectivity index (χ0) is 20.7. The fourth-order valence-corrected chi connectivity index (χ4v) is 2.85. The van der Waals surface area contributed by atoms with Gasteiger partial charge in [0.15, 0.2) is 6.61 Å². The highest BCUT2D eigenvalue weighted by Crippen LogP contribution is 2.31. The summed E-state index contributed by atoms with van der Waals surface area (Å²) in [6.45, 7) is 6.26. The molecule has 0 aliphatic rings. The molecule has 0 atom stereocenters. The van der Waals surface area contributed by atoms with Crippen LogP contribution >= 0.6 is 15.9 Å². The molecule has 28 heavy (non-hydrogen) atoms. The third kappa shape index (κ3) is 5.99. The van der Waals surface area contributed by atoms with Crippen molar-refractivity contribution in [2.45, 2.75) is 26.2 Å². The van der Waals surface area contributed by atoms with Gasteiger partial charge in [-0.1, -0.05) is 26.8 Å². The molecule has 0 fully saturated rings. The molecule has 2 aromatic carbocycles. The Hall–Kier alpha value is -2.54. The molecule has 0 aliphatic heterocycles. The first kappa shape index (κ1) is 21.8. The van der Waals surface area contributed by atoms with Crippen molar-refractivity contribution in [3.8, 4) is 17.2 Å². The first-order valence-corrected chi connectivity index (χ1v) is 9.50. The Labute approximate surface area is 174 Å². The molecule has 0 aromatic heterocycles. The normalized spacial score (nSPS) is 11.4. The van der Waals surface area contributed by atoms with E-state index >= 15 is 0 Å². The first-order valence-electron chi connectivity index (χ1n) is 8.71. The summed E-state index contributed by atoms with van der Waals surface area (Å²) in [5.74, 6) is 1.51. The van der Waals surface area contributed by atoms with Crippen LogP contribution in [0.1, 0.15) is 31.9 Å². The van der Waals surface area contributed by atoms with Crippen LogP contribution < -0.4 is 19.6 Å². The van der Waals surface area contributed by atoms with E-state index in [9.17, 15) is 4.79 Å². The van der Waals surface area contributed by atoms with E-state index in [0.29, 0.717) is 22.8 Å². The zero-order valence-electron chi connectivity index (χ0n) is 16.7. The molecule has 1 N–H and O–H groups in total. The van der Waals surface area contributed by atoms with E-state index in [-0.39, 0.29) is 17.9 Å². The van der Waals surface area contributed by atoms with E-state index in [1.807, 2.05) is 18.2 Å². The second kappa shape index (κ2) is 9.59. The maximum Gasteiger partial charge on any atom is 0.277 e. The molecule has 0 radical (unpaired) electrons. The average molecular weight is 449 g/mol. The number of halogens is 1. The van der Waals surface area contributed by atoms with Gasteiger partial charge in [0.1, 0.15) is 17.2 Å². The van der Waals surface area contributed by atoms with Gasteiger partial charge in [-0.15, -0.1) is 0 Å². The number of hydrazone groups is 1. The van der Waals surface area contributed by atoms with Gasteiger partial charge in [-0.3, -0.25) is 4.79 Å². The molecule has 0 unspecified atom stereocenters. The van der Waals surface area contributed by atoms with Gasteiger partial charge in [0.05, 0.1) is 24.9 Å². The molecule has 150 valence electrons. The summed E-state index contributed by atoms with van der Waals surface area (Å²) in [5, 5.41) is 3.95. The third-order valence-corrected chi connectivity index (χ3v) is 4.61. The Morgan fingerprint density at radius 3 is 2.46 bits per heavy atom. The van der Waals surface area contributed by atoms with E-state index in [0.717, 1.165) is 4.47 Å². The topological polar surface area (TPSA) is 69.2 Å². The fraction of sp³-hybridized carbons (Fsp3) is 0.333. The molecule has 0 aliphatic carbocycles. The number of amides is 1. The van der Waals surface area contributed by atoms with Crippen LogP contribution in [0.4, 0.5) is 0 Å². The summed E-state index contributed by atoms with van der Waals surface area (Å²) < 4.78 is 16.8. The molecule has 0 saturated carbocycles. The monoisotopic (exact) mass is 448 g/mol. The zero-order valence-corrected chi connectivity index (χ0v) is 18.3. The van der Waals surface area contributed by atoms with E-state index in [1.165, 1.54) is 11.8 Å². The smallest absolute Gasteiger partial charge is 0.277 e. The summed E-state index contributed by atoms with van der Waals surface area (Å²) >= 11 is 3.49. The van der Waals surface area contributed by atoms with Crippen LogP contribution in [0.3, 0.4) is 0 Å². The van der Waals surface area contributed by atoms with Crippen molar-refractivity contribution in [2.75, 3.05) is 20.8 Å². The van der Waals surface area contributed by atoms with Gasteiger partial charge in [0, 0.05) is 11.6 Å². The number of ether oxygens (including phenoxy) is 3. The van der Waals surface area contributed by atoms with Crippen LogP contribution in [-0.4, -0.2) is 32.9 Å². The van der Waals surface area contributed by atoms with Crippen LogP contribution in [0.2, 0.25) is 0 Å². The summed E-state index contributed by atoms with van der Waals surface area (Å²) in [6.07, 6.45) is 1.50. The largest absolute Gasteiger partial charge is 0.497 e. The molecule has 2 aromatic rings. The number of carbonyl (C=O) groups is 1. The van der Waals surface area contributed by atoms with Crippen LogP contribution in [0.25, 0.3) is 0 Å². The Balaban J connectivity index is 1.92. The molecule has 0 heterocycles. The number of rotatable bonds is 7. The van der Waals surface area contributed by atoms with Crippen molar-refractivity contribution >= 4 is 28.1 Å². The van der Waals surface area contributed by atoms with Gasteiger partial charge >= 0.3 is 0 Å². The van der Waals surface area contributed by atoms with Crippen LogP contribution in [-0.2, 0) is 10.2 Å². The number of hydrogen-bond donors (Lipinski definition) is 1. The maximum atomic E-state index is 12.0. The summed E-state index contributed by atoms with van der Waals surface area (Å²) in [4.78, 5) is 12.0. The van der Waals surface area contributed by atoms with Gasteiger partial charge in [0.25, 0.3) is 5.91 Å². The summed E-state index contributed by atoms with van der Waals surface area (Å²) in [7, 11) is 3.14. The number of nitrogens with zero attached hydrogens (tertiary/aromatic N) is 1. The Morgan fingerprint density at radius 1 is 1.11 bits per heavy atom. The van der Waals surface area contributed by atoms with E-state index in [2.05, 4.69) is 47.2 Å². The lowest BCUT2D eigenvalue weighted by Gasteiger charge is -2.20.